The first-order chi connectivity index (χ1) is 5.20. The van der Waals surface area contributed by atoms with Crippen molar-refractivity contribution in [2.24, 2.45) is 0 Å². The summed E-state index contributed by atoms with van der Waals surface area (Å²) in [6.07, 6.45) is 1.67. The number of carbonyl (C=O) groups excluding carboxylic acids is 2. The lowest BCUT2D eigenvalue weighted by Crippen LogP contribution is -2.34. The molecule has 2 N–H and O–H groups in total. The molecule has 0 aromatic heterocycles. The van der Waals surface area contributed by atoms with Gasteiger partial charge in [0, 0.05) is 6.42 Å². The van der Waals surface area contributed by atoms with E-state index < -0.39 is 0 Å². The molecule has 0 rings (SSSR count). The second-order valence-corrected chi connectivity index (χ2v) is 1.90. The summed E-state index contributed by atoms with van der Waals surface area (Å²) >= 11 is 0. The normalized spacial score (nSPS) is 8.45. The molecule has 0 aliphatic rings. The second kappa shape index (κ2) is 5.46. The van der Waals surface area contributed by atoms with E-state index in [1.54, 1.807) is 6.92 Å². The molecule has 0 atom stereocenters. The fourth-order valence-corrected chi connectivity index (χ4v) is 0.469. The van der Waals surface area contributed by atoms with Crippen molar-refractivity contribution in [2.75, 3.05) is 6.54 Å². The zero-order chi connectivity index (χ0) is 8.69. The zero-order valence-corrected chi connectivity index (χ0v) is 6.52. The summed E-state index contributed by atoms with van der Waals surface area (Å²) in [6, 6.07) is 0. The van der Waals surface area contributed by atoms with Crippen molar-refractivity contribution in [2.45, 2.75) is 13.3 Å². The zero-order valence-electron chi connectivity index (χ0n) is 6.52. The van der Waals surface area contributed by atoms with E-state index in [0.29, 0.717) is 6.42 Å². The van der Waals surface area contributed by atoms with Gasteiger partial charge in [-0.25, -0.2) is 0 Å². The molecule has 62 valence electrons. The van der Waals surface area contributed by atoms with Gasteiger partial charge in [-0.3, -0.25) is 9.59 Å². The van der Waals surface area contributed by atoms with Crippen LogP contribution < -0.4 is 10.6 Å². The van der Waals surface area contributed by atoms with Crippen LogP contribution in [0, 0.1) is 0 Å². The van der Waals surface area contributed by atoms with E-state index in [4.69, 9.17) is 0 Å². The molecule has 0 aliphatic heterocycles. The first kappa shape index (κ1) is 9.68. The van der Waals surface area contributed by atoms with Crippen LogP contribution in [-0.2, 0) is 9.59 Å². The smallest absolute Gasteiger partial charge is 0.243 e. The van der Waals surface area contributed by atoms with Crippen LogP contribution >= 0.6 is 0 Å². The van der Waals surface area contributed by atoms with E-state index in [-0.39, 0.29) is 18.4 Å². The van der Waals surface area contributed by atoms with Crippen molar-refractivity contribution in [3.8, 4) is 0 Å². The average Bonchev–Trinajstić information content (AvgIpc) is 2.01. The Balaban J connectivity index is 3.45. The third-order valence-electron chi connectivity index (χ3n) is 1.03. The SMILES string of the molecule is C=CNC(=O)CNC(=O)CC. The maximum absolute atomic E-state index is 10.7. The summed E-state index contributed by atoms with van der Waals surface area (Å²) in [7, 11) is 0. The third-order valence-corrected chi connectivity index (χ3v) is 1.03. The first-order valence-corrected chi connectivity index (χ1v) is 3.37. The Morgan fingerprint density at radius 2 is 2.09 bits per heavy atom. The van der Waals surface area contributed by atoms with Gasteiger partial charge in [-0.2, -0.15) is 0 Å². The number of carbonyl (C=O) groups is 2. The second-order valence-electron chi connectivity index (χ2n) is 1.90. The minimum atomic E-state index is -0.262. The van der Waals surface area contributed by atoms with Gasteiger partial charge in [-0.05, 0) is 6.20 Å². The standard InChI is InChI=1S/C7H12N2O2/c1-3-6(10)9-5-7(11)8-4-2/h4H,2-3,5H2,1H3,(H,8,11)(H,9,10). The monoisotopic (exact) mass is 156 g/mol. The Bertz CT molecular complexity index is 166. The average molecular weight is 156 g/mol. The quantitative estimate of drug-likeness (QED) is 0.590. The van der Waals surface area contributed by atoms with E-state index in [2.05, 4.69) is 17.2 Å². The van der Waals surface area contributed by atoms with Crippen LogP contribution in [0.4, 0.5) is 0 Å². The topological polar surface area (TPSA) is 58.2 Å². The number of hydrogen-bond donors (Lipinski definition) is 2. The summed E-state index contributed by atoms with van der Waals surface area (Å²) < 4.78 is 0. The Labute approximate surface area is 65.7 Å². The molecule has 0 fully saturated rings. The molecule has 0 spiro atoms. The Kier molecular flexibility index (Phi) is 4.81. The molecule has 2 amide bonds. The summed E-state index contributed by atoms with van der Waals surface area (Å²) in [5, 5.41) is 4.75. The lowest BCUT2D eigenvalue weighted by molar-refractivity contribution is -0.125. The van der Waals surface area contributed by atoms with Crippen molar-refractivity contribution in [3.05, 3.63) is 12.8 Å². The Hall–Kier alpha value is -1.32. The van der Waals surface area contributed by atoms with Crippen LogP contribution in [0.3, 0.4) is 0 Å². The predicted octanol–water partition coefficient (Wildman–Crippen LogP) is -0.228. The van der Waals surface area contributed by atoms with Gasteiger partial charge in [0.1, 0.15) is 0 Å². The first-order valence-electron chi connectivity index (χ1n) is 3.37. The minimum Gasteiger partial charge on any atom is -0.347 e. The number of hydrogen-bond acceptors (Lipinski definition) is 2. The molecule has 0 unspecified atom stereocenters. The van der Waals surface area contributed by atoms with E-state index in [1.165, 1.54) is 6.20 Å². The van der Waals surface area contributed by atoms with Gasteiger partial charge in [0.25, 0.3) is 0 Å². The summed E-state index contributed by atoms with van der Waals surface area (Å²) in [5.74, 6) is -0.397. The molecule has 0 aromatic carbocycles. The molecule has 0 aliphatic carbocycles. The summed E-state index contributed by atoms with van der Waals surface area (Å²) in [5.41, 5.74) is 0. The largest absolute Gasteiger partial charge is 0.347 e. The van der Waals surface area contributed by atoms with Crippen molar-refractivity contribution in [3.63, 3.8) is 0 Å². The number of amides is 2. The fourth-order valence-electron chi connectivity index (χ4n) is 0.469. The fraction of sp³-hybridized carbons (Fsp3) is 0.429. The lowest BCUT2D eigenvalue weighted by atomic mass is 10.4. The van der Waals surface area contributed by atoms with Crippen LogP contribution in [0.1, 0.15) is 13.3 Å². The van der Waals surface area contributed by atoms with Crippen LogP contribution in [-0.4, -0.2) is 18.4 Å². The van der Waals surface area contributed by atoms with Gasteiger partial charge in [-0.1, -0.05) is 13.5 Å². The van der Waals surface area contributed by atoms with Gasteiger partial charge in [-0.15, -0.1) is 0 Å². The minimum absolute atomic E-state index is 0.0126. The highest BCUT2D eigenvalue weighted by molar-refractivity contribution is 5.84. The molecule has 4 heteroatoms. The molecule has 0 heterocycles. The van der Waals surface area contributed by atoms with Crippen LogP contribution in [0.2, 0.25) is 0 Å². The van der Waals surface area contributed by atoms with Gasteiger partial charge in [0.2, 0.25) is 11.8 Å². The van der Waals surface area contributed by atoms with Crippen molar-refractivity contribution < 1.29 is 9.59 Å². The molecule has 0 bridgehead atoms. The van der Waals surface area contributed by atoms with E-state index in [0.717, 1.165) is 0 Å². The molecular formula is C7H12N2O2. The molecule has 0 saturated heterocycles. The van der Waals surface area contributed by atoms with Crippen molar-refractivity contribution in [1.82, 2.24) is 10.6 Å². The van der Waals surface area contributed by atoms with Gasteiger partial charge >= 0.3 is 0 Å². The van der Waals surface area contributed by atoms with E-state index >= 15 is 0 Å². The molecule has 0 radical (unpaired) electrons. The molecule has 4 nitrogen and oxygen atoms in total. The van der Waals surface area contributed by atoms with Crippen molar-refractivity contribution >= 4 is 11.8 Å². The number of nitrogens with one attached hydrogen (secondary N) is 2. The Morgan fingerprint density at radius 3 is 2.55 bits per heavy atom. The summed E-state index contributed by atoms with van der Waals surface area (Å²) in [4.78, 5) is 21.3. The Morgan fingerprint density at radius 1 is 1.45 bits per heavy atom. The highest BCUT2D eigenvalue weighted by Crippen LogP contribution is 1.73. The van der Waals surface area contributed by atoms with E-state index in [1.807, 2.05) is 0 Å². The lowest BCUT2D eigenvalue weighted by Gasteiger charge is -2.00. The predicted molar refractivity (Wildman–Crippen MR) is 41.6 cm³/mol. The van der Waals surface area contributed by atoms with Crippen LogP contribution in [0.15, 0.2) is 12.8 Å². The number of rotatable bonds is 4. The highest BCUT2D eigenvalue weighted by atomic mass is 16.2. The summed E-state index contributed by atoms with van der Waals surface area (Å²) in [6.45, 7) is 5.04. The van der Waals surface area contributed by atoms with Crippen LogP contribution in [0.25, 0.3) is 0 Å². The molecule has 0 saturated carbocycles. The molecule has 11 heavy (non-hydrogen) atoms. The molecular weight excluding hydrogens is 144 g/mol. The van der Waals surface area contributed by atoms with Gasteiger partial charge < -0.3 is 10.6 Å². The van der Waals surface area contributed by atoms with Crippen molar-refractivity contribution in [1.29, 1.82) is 0 Å². The van der Waals surface area contributed by atoms with Crippen LogP contribution in [0.5, 0.6) is 0 Å². The molecule has 0 aromatic rings. The maximum Gasteiger partial charge on any atom is 0.243 e. The highest BCUT2D eigenvalue weighted by Gasteiger charge is 1.99. The van der Waals surface area contributed by atoms with Gasteiger partial charge in [0.15, 0.2) is 0 Å². The maximum atomic E-state index is 10.7. The third kappa shape index (κ3) is 5.14. The van der Waals surface area contributed by atoms with E-state index in [9.17, 15) is 9.59 Å². The van der Waals surface area contributed by atoms with Gasteiger partial charge in [0.05, 0.1) is 6.54 Å².